The quantitative estimate of drug-likeness (QED) is 0.190. The van der Waals surface area contributed by atoms with E-state index in [4.69, 9.17) is 30.2 Å². The van der Waals surface area contributed by atoms with E-state index >= 15 is 0 Å². The monoisotopic (exact) mass is 542 g/mol. The van der Waals surface area contributed by atoms with Crippen LogP contribution in [0.5, 0.6) is 17.2 Å². The van der Waals surface area contributed by atoms with Crippen molar-refractivity contribution in [3.8, 4) is 28.6 Å². The van der Waals surface area contributed by atoms with Gasteiger partial charge in [0.1, 0.15) is 54.5 Å². The Bertz CT molecular complexity index is 1520. The lowest BCUT2D eigenvalue weighted by atomic mass is 10.1. The van der Waals surface area contributed by atoms with Gasteiger partial charge in [-0.1, -0.05) is 60.7 Å². The van der Waals surface area contributed by atoms with Crippen LogP contribution >= 0.6 is 11.6 Å². The highest BCUT2D eigenvalue weighted by molar-refractivity contribution is 6.18. The van der Waals surface area contributed by atoms with Crippen molar-refractivity contribution in [3.05, 3.63) is 124 Å². The van der Waals surface area contributed by atoms with E-state index in [0.29, 0.717) is 52.8 Å². The van der Waals surface area contributed by atoms with Crippen molar-refractivity contribution in [1.29, 1.82) is 0 Å². The van der Waals surface area contributed by atoms with Crippen molar-refractivity contribution in [3.63, 3.8) is 0 Å². The van der Waals surface area contributed by atoms with E-state index < -0.39 is 6.10 Å². The van der Waals surface area contributed by atoms with Gasteiger partial charge in [-0.05, 0) is 35.4 Å². The number of aliphatic hydroxyl groups is 1. The third-order valence-corrected chi connectivity index (χ3v) is 6.34. The number of fused-ring (bicyclic) bond motifs is 1. The Labute approximate surface area is 231 Å². The summed E-state index contributed by atoms with van der Waals surface area (Å²) in [5, 5.41) is 10.1. The molecular formula is C32H27ClO6. The molecule has 0 unspecified atom stereocenters. The lowest BCUT2D eigenvalue weighted by molar-refractivity contribution is 0.125. The first-order valence-corrected chi connectivity index (χ1v) is 13.0. The molecule has 0 saturated carbocycles. The number of hydrogen-bond donors (Lipinski definition) is 1. The molecule has 0 spiro atoms. The highest BCUT2D eigenvalue weighted by Gasteiger charge is 2.13. The van der Waals surface area contributed by atoms with Gasteiger partial charge >= 0.3 is 0 Å². The first-order valence-electron chi connectivity index (χ1n) is 12.5. The molecule has 1 heterocycles. The van der Waals surface area contributed by atoms with Crippen LogP contribution in [0.2, 0.25) is 0 Å². The molecule has 6 nitrogen and oxygen atoms in total. The van der Waals surface area contributed by atoms with Gasteiger partial charge in [-0.3, -0.25) is 4.79 Å². The van der Waals surface area contributed by atoms with Crippen LogP contribution in [0.25, 0.3) is 22.3 Å². The minimum absolute atomic E-state index is 0.0296. The number of aliphatic hydroxyl groups excluding tert-OH is 1. The molecule has 1 N–H and O–H groups in total. The van der Waals surface area contributed by atoms with Gasteiger partial charge in [0.15, 0.2) is 5.43 Å². The van der Waals surface area contributed by atoms with E-state index in [1.54, 1.807) is 18.2 Å². The maximum Gasteiger partial charge on any atom is 0.193 e. The summed E-state index contributed by atoms with van der Waals surface area (Å²) in [7, 11) is 0. The zero-order chi connectivity index (χ0) is 27.0. The van der Waals surface area contributed by atoms with Gasteiger partial charge in [-0.15, -0.1) is 11.6 Å². The fourth-order valence-electron chi connectivity index (χ4n) is 3.97. The molecule has 39 heavy (non-hydrogen) atoms. The summed E-state index contributed by atoms with van der Waals surface area (Å²) in [6, 6.07) is 31.6. The van der Waals surface area contributed by atoms with Gasteiger partial charge in [-0.25, -0.2) is 0 Å². The third-order valence-electron chi connectivity index (χ3n) is 5.98. The molecule has 0 amide bonds. The van der Waals surface area contributed by atoms with Gasteiger partial charge in [0.25, 0.3) is 0 Å². The normalized spacial score (nSPS) is 11.7. The molecule has 0 radical (unpaired) electrons. The molecule has 5 aromatic rings. The van der Waals surface area contributed by atoms with Gasteiger partial charge in [0.2, 0.25) is 0 Å². The largest absolute Gasteiger partial charge is 0.491 e. The first kappa shape index (κ1) is 26.4. The molecule has 0 saturated heterocycles. The van der Waals surface area contributed by atoms with Crippen molar-refractivity contribution in [2.75, 3.05) is 12.5 Å². The van der Waals surface area contributed by atoms with Crippen LogP contribution in [0.1, 0.15) is 11.1 Å². The van der Waals surface area contributed by atoms with E-state index in [0.717, 1.165) is 11.1 Å². The molecule has 1 atom stereocenters. The lowest BCUT2D eigenvalue weighted by Crippen LogP contribution is -2.18. The lowest BCUT2D eigenvalue weighted by Gasteiger charge is -2.13. The average Bonchev–Trinajstić information content (AvgIpc) is 2.98. The highest BCUT2D eigenvalue weighted by Crippen LogP contribution is 2.32. The summed E-state index contributed by atoms with van der Waals surface area (Å²) in [6.07, 6.45) is -0.798. The standard InChI is InChI=1S/C32H27ClO6/c33-18-25(34)21-38-26-11-12-29-30(35)17-31(39-32(29)16-26)24-13-27(36-19-22-7-3-1-4-8-22)15-28(14-24)37-20-23-9-5-2-6-10-23/h1-17,25,34H,18-21H2/t25-/m1/s1. The predicted octanol–water partition coefficient (Wildman–Crippen LogP) is 6.60. The zero-order valence-corrected chi connectivity index (χ0v) is 21.8. The van der Waals surface area contributed by atoms with Crippen molar-refractivity contribution in [2.45, 2.75) is 19.3 Å². The first-order chi connectivity index (χ1) is 19.1. The van der Waals surface area contributed by atoms with E-state index in [9.17, 15) is 9.90 Å². The van der Waals surface area contributed by atoms with E-state index in [-0.39, 0.29) is 17.9 Å². The minimum Gasteiger partial charge on any atom is -0.491 e. The Hall–Kier alpha value is -4.26. The molecule has 4 aromatic carbocycles. The number of alkyl halides is 1. The summed E-state index contributed by atoms with van der Waals surface area (Å²) in [6.45, 7) is 0.778. The fourth-order valence-corrected chi connectivity index (χ4v) is 4.06. The van der Waals surface area contributed by atoms with Gasteiger partial charge in [-0.2, -0.15) is 0 Å². The zero-order valence-electron chi connectivity index (χ0n) is 21.1. The Balaban J connectivity index is 1.47. The van der Waals surface area contributed by atoms with Crippen LogP contribution in [0, 0.1) is 0 Å². The minimum atomic E-state index is -0.798. The van der Waals surface area contributed by atoms with Crippen molar-refractivity contribution >= 4 is 22.6 Å². The van der Waals surface area contributed by atoms with E-state index in [1.807, 2.05) is 78.9 Å². The third kappa shape index (κ3) is 6.99. The van der Waals surface area contributed by atoms with Crippen molar-refractivity contribution in [1.82, 2.24) is 0 Å². The molecule has 0 fully saturated rings. The number of ether oxygens (including phenoxy) is 3. The second-order valence-corrected chi connectivity index (χ2v) is 9.30. The molecule has 0 aliphatic carbocycles. The van der Waals surface area contributed by atoms with Gasteiger partial charge in [0.05, 0.1) is 11.3 Å². The topological polar surface area (TPSA) is 78.1 Å². The van der Waals surface area contributed by atoms with Crippen LogP contribution < -0.4 is 19.6 Å². The smallest absolute Gasteiger partial charge is 0.193 e. The van der Waals surface area contributed by atoms with Crippen LogP contribution in [0.3, 0.4) is 0 Å². The van der Waals surface area contributed by atoms with E-state index in [2.05, 4.69) is 0 Å². The molecule has 0 aliphatic heterocycles. The molecule has 0 bridgehead atoms. The predicted molar refractivity (Wildman–Crippen MR) is 152 cm³/mol. The Morgan fingerprint density at radius 1 is 0.718 bits per heavy atom. The number of benzene rings is 4. The maximum atomic E-state index is 13.0. The van der Waals surface area contributed by atoms with E-state index in [1.165, 1.54) is 6.07 Å². The van der Waals surface area contributed by atoms with Crippen LogP contribution in [-0.4, -0.2) is 23.7 Å². The van der Waals surface area contributed by atoms with Crippen molar-refractivity contribution in [2.24, 2.45) is 0 Å². The Kier molecular flexibility index (Phi) is 8.46. The second kappa shape index (κ2) is 12.5. The van der Waals surface area contributed by atoms with Gasteiger partial charge in [0, 0.05) is 23.8 Å². The molecule has 7 heteroatoms. The molecule has 1 aromatic heterocycles. The van der Waals surface area contributed by atoms with Gasteiger partial charge < -0.3 is 23.7 Å². The van der Waals surface area contributed by atoms with Crippen LogP contribution in [0.15, 0.2) is 112 Å². The summed E-state index contributed by atoms with van der Waals surface area (Å²) < 4.78 is 23.9. The fraction of sp³-hybridized carbons (Fsp3) is 0.156. The SMILES string of the molecule is O=c1cc(-c2cc(OCc3ccccc3)cc(OCc3ccccc3)c2)oc2cc(OC[C@H](O)CCl)ccc12. The second-order valence-electron chi connectivity index (χ2n) is 8.99. The maximum absolute atomic E-state index is 13.0. The number of rotatable bonds is 11. The summed E-state index contributed by atoms with van der Waals surface area (Å²) >= 11 is 5.65. The number of hydrogen-bond acceptors (Lipinski definition) is 6. The van der Waals surface area contributed by atoms with Crippen LogP contribution in [-0.2, 0) is 13.2 Å². The molecular weight excluding hydrogens is 516 g/mol. The molecule has 5 rings (SSSR count). The van der Waals surface area contributed by atoms with Crippen LogP contribution in [0.4, 0.5) is 0 Å². The Morgan fingerprint density at radius 3 is 1.92 bits per heavy atom. The average molecular weight is 543 g/mol. The molecule has 0 aliphatic rings. The Morgan fingerprint density at radius 2 is 1.33 bits per heavy atom. The summed E-state index contributed by atoms with van der Waals surface area (Å²) in [5.41, 5.74) is 2.85. The summed E-state index contributed by atoms with van der Waals surface area (Å²) in [5.74, 6) is 2.03. The molecule has 198 valence electrons. The van der Waals surface area contributed by atoms with Crippen molar-refractivity contribution < 1.29 is 23.7 Å². The highest BCUT2D eigenvalue weighted by atomic mass is 35.5. The number of halogens is 1. The summed E-state index contributed by atoms with van der Waals surface area (Å²) in [4.78, 5) is 13.0.